The number of nitrogens with one attached hydrogen (secondary N) is 1. The Labute approximate surface area is 147 Å². The van der Waals surface area contributed by atoms with Crippen LogP contribution in [0, 0.1) is 0 Å². The second kappa shape index (κ2) is 6.59. The zero-order valence-corrected chi connectivity index (χ0v) is 14.1. The molecule has 0 radical (unpaired) electrons. The van der Waals surface area contributed by atoms with E-state index < -0.39 is 0 Å². The number of hydrogen-bond donors (Lipinski definition) is 1. The monoisotopic (exact) mass is 335 g/mol. The van der Waals surface area contributed by atoms with Gasteiger partial charge in [-0.1, -0.05) is 24.3 Å². The van der Waals surface area contributed by atoms with Crippen LogP contribution in [0.3, 0.4) is 0 Å². The molecular weight excluding hydrogens is 314 g/mol. The molecule has 0 aliphatic carbocycles. The summed E-state index contributed by atoms with van der Waals surface area (Å²) in [6, 6.07) is 15.4. The second-order valence-electron chi connectivity index (χ2n) is 6.48. The molecule has 1 saturated heterocycles. The Balaban J connectivity index is 1.66. The molecule has 0 saturated carbocycles. The Kier molecular flexibility index (Phi) is 4.14. The highest BCUT2D eigenvalue weighted by Crippen LogP contribution is 2.28. The van der Waals surface area contributed by atoms with Crippen molar-refractivity contribution < 1.29 is 9.59 Å². The second-order valence-corrected chi connectivity index (χ2v) is 6.48. The number of urea groups is 1. The van der Waals surface area contributed by atoms with E-state index in [0.717, 1.165) is 37.2 Å². The molecule has 3 amide bonds. The summed E-state index contributed by atoms with van der Waals surface area (Å²) >= 11 is 0. The van der Waals surface area contributed by atoms with Crippen LogP contribution in [0.2, 0.25) is 0 Å². The van der Waals surface area contributed by atoms with Crippen molar-refractivity contribution >= 4 is 23.3 Å². The van der Waals surface area contributed by atoms with Gasteiger partial charge in [0.25, 0.3) is 5.91 Å². The SMILES string of the molecule is O=C1NCCN1c1cccc(C(=O)N2CCCCc3ccccc32)c1. The standard InChI is InChI=1S/C20H21N3O2/c24-19(23-12-4-3-7-15-6-1-2-10-18(15)23)16-8-5-9-17(14-16)22-13-11-21-20(22)25/h1-2,5-6,8-10,14H,3-4,7,11-13H2,(H,21,25). The van der Waals surface area contributed by atoms with Gasteiger partial charge in [0.15, 0.2) is 0 Å². The van der Waals surface area contributed by atoms with Crippen molar-refractivity contribution in [3.05, 3.63) is 59.7 Å². The van der Waals surface area contributed by atoms with Gasteiger partial charge in [0.1, 0.15) is 0 Å². The number of carbonyl (C=O) groups excluding carboxylic acids is 2. The Morgan fingerprint density at radius 1 is 1.00 bits per heavy atom. The maximum absolute atomic E-state index is 13.2. The third-order valence-electron chi connectivity index (χ3n) is 4.87. The first kappa shape index (κ1) is 15.7. The highest BCUT2D eigenvalue weighted by atomic mass is 16.2. The zero-order valence-electron chi connectivity index (χ0n) is 14.1. The lowest BCUT2D eigenvalue weighted by atomic mass is 10.1. The van der Waals surface area contributed by atoms with Gasteiger partial charge in [0.05, 0.1) is 0 Å². The summed E-state index contributed by atoms with van der Waals surface area (Å²) in [5, 5.41) is 2.79. The van der Waals surface area contributed by atoms with Crippen LogP contribution in [0.5, 0.6) is 0 Å². The van der Waals surface area contributed by atoms with E-state index in [0.29, 0.717) is 18.7 Å². The molecule has 128 valence electrons. The van der Waals surface area contributed by atoms with Crippen molar-refractivity contribution in [3.63, 3.8) is 0 Å². The number of aryl methyl sites for hydroxylation is 1. The predicted octanol–water partition coefficient (Wildman–Crippen LogP) is 3.20. The summed E-state index contributed by atoms with van der Waals surface area (Å²) < 4.78 is 0. The van der Waals surface area contributed by atoms with Crippen LogP contribution in [-0.2, 0) is 6.42 Å². The van der Waals surface area contributed by atoms with Crippen LogP contribution in [0.4, 0.5) is 16.2 Å². The minimum absolute atomic E-state index is 0.00388. The van der Waals surface area contributed by atoms with Gasteiger partial charge in [-0.3, -0.25) is 9.69 Å². The van der Waals surface area contributed by atoms with Crippen LogP contribution in [-0.4, -0.2) is 31.6 Å². The average molecular weight is 335 g/mol. The molecule has 0 atom stereocenters. The van der Waals surface area contributed by atoms with Gasteiger partial charge in [0, 0.05) is 36.6 Å². The molecule has 2 aliphatic rings. The number of carbonyl (C=O) groups is 2. The first-order valence-electron chi connectivity index (χ1n) is 8.79. The van der Waals surface area contributed by atoms with E-state index in [1.165, 1.54) is 5.56 Å². The first-order valence-corrected chi connectivity index (χ1v) is 8.79. The fraction of sp³-hybridized carbons (Fsp3) is 0.300. The van der Waals surface area contributed by atoms with Gasteiger partial charge in [-0.05, 0) is 49.1 Å². The molecule has 2 aromatic carbocycles. The largest absolute Gasteiger partial charge is 0.336 e. The molecule has 0 unspecified atom stereocenters. The number of anilines is 2. The molecule has 2 aliphatic heterocycles. The van der Waals surface area contributed by atoms with Crippen molar-refractivity contribution in [2.45, 2.75) is 19.3 Å². The maximum Gasteiger partial charge on any atom is 0.321 e. The topological polar surface area (TPSA) is 52.7 Å². The van der Waals surface area contributed by atoms with Crippen LogP contribution in [0.15, 0.2) is 48.5 Å². The van der Waals surface area contributed by atoms with E-state index in [9.17, 15) is 9.59 Å². The number of nitrogens with zero attached hydrogens (tertiary/aromatic N) is 2. The Bertz CT molecular complexity index is 818. The lowest BCUT2D eigenvalue weighted by Crippen LogP contribution is -2.32. The van der Waals surface area contributed by atoms with Crippen molar-refractivity contribution in [3.8, 4) is 0 Å². The lowest BCUT2D eigenvalue weighted by molar-refractivity contribution is 0.0987. The zero-order chi connectivity index (χ0) is 17.2. The Hall–Kier alpha value is -2.82. The van der Waals surface area contributed by atoms with Gasteiger partial charge < -0.3 is 10.2 Å². The molecule has 1 fully saturated rings. The Morgan fingerprint density at radius 2 is 1.88 bits per heavy atom. The third-order valence-corrected chi connectivity index (χ3v) is 4.87. The quantitative estimate of drug-likeness (QED) is 0.916. The summed E-state index contributed by atoms with van der Waals surface area (Å²) in [4.78, 5) is 28.6. The molecule has 0 aromatic heterocycles. The van der Waals surface area contributed by atoms with Crippen LogP contribution in [0.25, 0.3) is 0 Å². The molecule has 2 heterocycles. The number of rotatable bonds is 2. The summed E-state index contributed by atoms with van der Waals surface area (Å²) in [6.07, 6.45) is 3.09. The van der Waals surface area contributed by atoms with Gasteiger partial charge in [-0.15, -0.1) is 0 Å². The fourth-order valence-corrected chi connectivity index (χ4v) is 3.58. The van der Waals surface area contributed by atoms with Crippen LogP contribution < -0.4 is 15.1 Å². The fourth-order valence-electron chi connectivity index (χ4n) is 3.58. The highest BCUT2D eigenvalue weighted by Gasteiger charge is 2.25. The molecule has 5 nitrogen and oxygen atoms in total. The highest BCUT2D eigenvalue weighted by molar-refractivity contribution is 6.07. The van der Waals surface area contributed by atoms with Gasteiger partial charge in [0.2, 0.25) is 0 Å². The van der Waals surface area contributed by atoms with E-state index in [2.05, 4.69) is 11.4 Å². The molecule has 2 aromatic rings. The molecule has 0 bridgehead atoms. The summed E-state index contributed by atoms with van der Waals surface area (Å²) in [6.45, 7) is 1.99. The van der Waals surface area contributed by atoms with Crippen molar-refractivity contribution in [2.24, 2.45) is 0 Å². The maximum atomic E-state index is 13.2. The first-order chi connectivity index (χ1) is 12.2. The van der Waals surface area contributed by atoms with Crippen molar-refractivity contribution in [1.82, 2.24) is 5.32 Å². The molecule has 0 spiro atoms. The molecule has 25 heavy (non-hydrogen) atoms. The lowest BCUT2D eigenvalue weighted by Gasteiger charge is -2.23. The Morgan fingerprint density at radius 3 is 2.72 bits per heavy atom. The smallest absolute Gasteiger partial charge is 0.321 e. The predicted molar refractivity (Wildman–Crippen MR) is 98.2 cm³/mol. The summed E-state index contributed by atoms with van der Waals surface area (Å²) in [7, 11) is 0. The van der Waals surface area contributed by atoms with E-state index >= 15 is 0 Å². The van der Waals surface area contributed by atoms with Crippen LogP contribution in [0.1, 0.15) is 28.8 Å². The molecular formula is C20H21N3O2. The van der Waals surface area contributed by atoms with E-state index in [-0.39, 0.29) is 11.9 Å². The summed E-state index contributed by atoms with van der Waals surface area (Å²) in [5.41, 5.74) is 3.62. The normalized spacial score (nSPS) is 17.0. The summed E-state index contributed by atoms with van der Waals surface area (Å²) in [5.74, 6) is -0.00388. The van der Waals surface area contributed by atoms with Crippen molar-refractivity contribution in [2.75, 3.05) is 29.4 Å². The molecule has 1 N–H and O–H groups in total. The average Bonchev–Trinajstić information content (AvgIpc) is 2.96. The molecule has 5 heteroatoms. The number of benzene rings is 2. The number of para-hydroxylation sites is 1. The van der Waals surface area contributed by atoms with E-state index in [4.69, 9.17) is 0 Å². The van der Waals surface area contributed by atoms with Crippen molar-refractivity contribution in [1.29, 1.82) is 0 Å². The molecule has 4 rings (SSSR count). The third kappa shape index (κ3) is 2.97. The number of hydrogen-bond acceptors (Lipinski definition) is 2. The van der Waals surface area contributed by atoms with Crippen LogP contribution >= 0.6 is 0 Å². The minimum atomic E-state index is -0.107. The number of amides is 3. The van der Waals surface area contributed by atoms with E-state index in [1.807, 2.05) is 47.4 Å². The number of fused-ring (bicyclic) bond motifs is 1. The van der Waals surface area contributed by atoms with Gasteiger partial charge >= 0.3 is 6.03 Å². The van der Waals surface area contributed by atoms with E-state index in [1.54, 1.807) is 4.90 Å². The van der Waals surface area contributed by atoms with Gasteiger partial charge in [-0.25, -0.2) is 4.79 Å². The minimum Gasteiger partial charge on any atom is -0.336 e. The van der Waals surface area contributed by atoms with Gasteiger partial charge in [-0.2, -0.15) is 0 Å².